The Labute approximate surface area is 110 Å². The molecule has 0 spiro atoms. The molecule has 1 aliphatic rings. The van der Waals surface area contributed by atoms with Crippen LogP contribution in [-0.2, 0) is 0 Å². The molecule has 0 saturated heterocycles. The smallest absolute Gasteiger partial charge is 0.0100 e. The molecule has 16 heavy (non-hydrogen) atoms. The third-order valence-corrected chi connectivity index (χ3v) is 4.69. The second kappa shape index (κ2) is 6.39. The van der Waals surface area contributed by atoms with Crippen LogP contribution in [0.25, 0.3) is 0 Å². The van der Waals surface area contributed by atoms with E-state index in [0.29, 0.717) is 5.41 Å². The fourth-order valence-corrected chi connectivity index (χ4v) is 3.46. The van der Waals surface area contributed by atoms with Crippen LogP contribution in [0.1, 0.15) is 47.0 Å². The Morgan fingerprint density at radius 3 is 1.81 bits per heavy atom. The van der Waals surface area contributed by atoms with Gasteiger partial charge < -0.3 is 4.90 Å². The molecule has 0 aliphatic heterocycles. The van der Waals surface area contributed by atoms with Crippen LogP contribution < -0.4 is 0 Å². The number of hydrogen-bond donors (Lipinski definition) is 0. The Balaban J connectivity index is 2.48. The highest BCUT2D eigenvalue weighted by atomic mass is 79.9. The van der Waals surface area contributed by atoms with Gasteiger partial charge in [-0.05, 0) is 30.1 Å². The number of hydrogen-bond acceptors (Lipinski definition) is 1. The van der Waals surface area contributed by atoms with Gasteiger partial charge in [-0.15, -0.1) is 0 Å². The van der Waals surface area contributed by atoms with E-state index < -0.39 is 0 Å². The molecule has 0 bridgehead atoms. The van der Waals surface area contributed by atoms with Gasteiger partial charge in [-0.1, -0.05) is 50.0 Å². The molecule has 0 N–H and O–H groups in total. The van der Waals surface area contributed by atoms with Crippen molar-refractivity contribution < 1.29 is 0 Å². The SMILES string of the molecule is CC(C)CN(CC(C)C)CC1(CBr)CCC1. The van der Waals surface area contributed by atoms with E-state index in [0.717, 1.165) is 11.8 Å². The molecule has 0 unspecified atom stereocenters. The summed E-state index contributed by atoms with van der Waals surface area (Å²) in [5.74, 6) is 1.57. The third kappa shape index (κ3) is 4.37. The zero-order valence-corrected chi connectivity index (χ0v) is 13.0. The van der Waals surface area contributed by atoms with Crippen molar-refractivity contribution in [2.24, 2.45) is 17.3 Å². The normalized spacial score (nSPS) is 19.5. The average Bonchev–Trinajstić information content (AvgIpc) is 2.09. The van der Waals surface area contributed by atoms with Gasteiger partial charge in [0.15, 0.2) is 0 Å². The predicted molar refractivity (Wildman–Crippen MR) is 76.2 cm³/mol. The van der Waals surface area contributed by atoms with Gasteiger partial charge in [0.1, 0.15) is 0 Å². The molecule has 0 radical (unpaired) electrons. The van der Waals surface area contributed by atoms with E-state index in [1.807, 2.05) is 0 Å². The van der Waals surface area contributed by atoms with Crippen molar-refractivity contribution in [2.75, 3.05) is 25.0 Å². The molecule has 96 valence electrons. The number of alkyl halides is 1. The van der Waals surface area contributed by atoms with Crippen LogP contribution >= 0.6 is 15.9 Å². The standard InChI is InChI=1S/C14H28BrN/c1-12(2)8-16(9-13(3)4)11-14(10-15)6-5-7-14/h12-13H,5-11H2,1-4H3. The summed E-state index contributed by atoms with van der Waals surface area (Å²) in [5.41, 5.74) is 0.601. The average molecular weight is 290 g/mol. The lowest BCUT2D eigenvalue weighted by molar-refractivity contribution is 0.0770. The van der Waals surface area contributed by atoms with Gasteiger partial charge in [-0.3, -0.25) is 0 Å². The summed E-state index contributed by atoms with van der Waals surface area (Å²) in [6, 6.07) is 0. The molecule has 0 amide bonds. The first-order chi connectivity index (χ1) is 7.47. The van der Waals surface area contributed by atoms with Crippen molar-refractivity contribution in [2.45, 2.75) is 47.0 Å². The highest BCUT2D eigenvalue weighted by Crippen LogP contribution is 2.43. The Morgan fingerprint density at radius 1 is 1.06 bits per heavy atom. The van der Waals surface area contributed by atoms with E-state index >= 15 is 0 Å². The van der Waals surface area contributed by atoms with Crippen molar-refractivity contribution >= 4 is 15.9 Å². The fourth-order valence-electron chi connectivity index (χ4n) is 2.72. The van der Waals surface area contributed by atoms with E-state index in [1.165, 1.54) is 44.2 Å². The molecule has 0 aromatic rings. The van der Waals surface area contributed by atoms with Crippen LogP contribution in [0.5, 0.6) is 0 Å². The number of rotatable bonds is 7. The van der Waals surface area contributed by atoms with Gasteiger partial charge in [0.2, 0.25) is 0 Å². The molecule has 0 aromatic carbocycles. The van der Waals surface area contributed by atoms with Crippen LogP contribution in [0, 0.1) is 17.3 Å². The van der Waals surface area contributed by atoms with Gasteiger partial charge in [-0.25, -0.2) is 0 Å². The van der Waals surface area contributed by atoms with Gasteiger partial charge in [0.05, 0.1) is 0 Å². The minimum atomic E-state index is 0.601. The second-order valence-corrected chi connectivity index (χ2v) is 7.03. The Morgan fingerprint density at radius 2 is 1.56 bits per heavy atom. The lowest BCUT2D eigenvalue weighted by Gasteiger charge is -2.45. The van der Waals surface area contributed by atoms with Gasteiger partial charge >= 0.3 is 0 Å². The zero-order chi connectivity index (χ0) is 12.2. The maximum Gasteiger partial charge on any atom is 0.0100 e. The van der Waals surface area contributed by atoms with E-state index in [9.17, 15) is 0 Å². The molecule has 1 aliphatic carbocycles. The monoisotopic (exact) mass is 289 g/mol. The maximum absolute atomic E-state index is 3.72. The van der Waals surface area contributed by atoms with Crippen LogP contribution in [0.2, 0.25) is 0 Å². The Hall–Kier alpha value is 0.440. The number of halogens is 1. The van der Waals surface area contributed by atoms with Gasteiger partial charge in [0, 0.05) is 25.0 Å². The van der Waals surface area contributed by atoms with Crippen molar-refractivity contribution in [3.05, 3.63) is 0 Å². The molecule has 1 fully saturated rings. The fraction of sp³-hybridized carbons (Fsp3) is 1.00. The van der Waals surface area contributed by atoms with Crippen LogP contribution in [0.4, 0.5) is 0 Å². The quantitative estimate of drug-likeness (QED) is 0.636. The third-order valence-electron chi connectivity index (χ3n) is 3.50. The summed E-state index contributed by atoms with van der Waals surface area (Å²) >= 11 is 3.72. The predicted octanol–water partition coefficient (Wildman–Crippen LogP) is 4.17. The number of nitrogens with zero attached hydrogens (tertiary/aromatic N) is 1. The van der Waals surface area contributed by atoms with Crippen LogP contribution in [0.3, 0.4) is 0 Å². The Kier molecular flexibility index (Phi) is 5.79. The van der Waals surface area contributed by atoms with Crippen molar-refractivity contribution in [1.82, 2.24) is 4.90 Å². The lowest BCUT2D eigenvalue weighted by atomic mass is 9.70. The largest absolute Gasteiger partial charge is 0.302 e. The summed E-state index contributed by atoms with van der Waals surface area (Å²) < 4.78 is 0. The topological polar surface area (TPSA) is 3.24 Å². The molecule has 0 heterocycles. The molecular weight excluding hydrogens is 262 g/mol. The van der Waals surface area contributed by atoms with Crippen molar-refractivity contribution in [3.63, 3.8) is 0 Å². The lowest BCUT2D eigenvalue weighted by Crippen LogP contribution is -2.45. The summed E-state index contributed by atoms with van der Waals surface area (Å²) in [5, 5.41) is 1.19. The van der Waals surface area contributed by atoms with E-state index in [2.05, 4.69) is 48.5 Å². The zero-order valence-electron chi connectivity index (χ0n) is 11.4. The first-order valence-corrected chi connectivity index (χ1v) is 7.88. The molecule has 1 rings (SSSR count). The summed E-state index contributed by atoms with van der Waals surface area (Å²) in [6.07, 6.45) is 4.28. The summed E-state index contributed by atoms with van der Waals surface area (Å²) in [7, 11) is 0. The first kappa shape index (κ1) is 14.5. The molecular formula is C14H28BrN. The second-order valence-electron chi connectivity index (χ2n) is 6.47. The molecule has 1 nitrogen and oxygen atoms in total. The highest BCUT2D eigenvalue weighted by Gasteiger charge is 2.37. The molecule has 0 atom stereocenters. The minimum absolute atomic E-state index is 0.601. The van der Waals surface area contributed by atoms with Crippen LogP contribution in [-0.4, -0.2) is 29.9 Å². The van der Waals surface area contributed by atoms with Crippen molar-refractivity contribution in [3.8, 4) is 0 Å². The van der Waals surface area contributed by atoms with Crippen molar-refractivity contribution in [1.29, 1.82) is 0 Å². The molecule has 0 aromatic heterocycles. The first-order valence-electron chi connectivity index (χ1n) is 6.76. The van der Waals surface area contributed by atoms with Gasteiger partial charge in [-0.2, -0.15) is 0 Å². The molecule has 1 saturated carbocycles. The summed E-state index contributed by atoms with van der Waals surface area (Å²) in [6.45, 7) is 13.1. The minimum Gasteiger partial charge on any atom is -0.302 e. The summed E-state index contributed by atoms with van der Waals surface area (Å²) in [4.78, 5) is 2.69. The van der Waals surface area contributed by atoms with E-state index in [-0.39, 0.29) is 0 Å². The highest BCUT2D eigenvalue weighted by molar-refractivity contribution is 9.09. The van der Waals surface area contributed by atoms with Gasteiger partial charge in [0.25, 0.3) is 0 Å². The molecule has 2 heteroatoms. The Bertz CT molecular complexity index is 181. The maximum atomic E-state index is 3.72. The van der Waals surface area contributed by atoms with E-state index in [1.54, 1.807) is 0 Å². The van der Waals surface area contributed by atoms with Crippen LogP contribution in [0.15, 0.2) is 0 Å². The van der Waals surface area contributed by atoms with E-state index in [4.69, 9.17) is 0 Å².